The first-order chi connectivity index (χ1) is 18.4. The zero-order valence-corrected chi connectivity index (χ0v) is 23.4. The number of hydrogen-bond donors (Lipinski definition) is 6. The van der Waals surface area contributed by atoms with E-state index in [1.165, 1.54) is 0 Å². The lowest BCUT2D eigenvalue weighted by Crippen LogP contribution is -2.38. The second kappa shape index (κ2) is 22.5. The fraction of sp³-hybridized carbons (Fsp3) is 0.870. The molecule has 224 valence electrons. The summed E-state index contributed by atoms with van der Waals surface area (Å²) in [6.07, 6.45) is 4.25. The Hall–Kier alpha value is -1.32. The van der Waals surface area contributed by atoms with Gasteiger partial charge in [-0.25, -0.2) is 0 Å². The molecule has 38 heavy (non-hydrogen) atoms. The Kier molecular flexibility index (Phi) is 20.5. The number of carbonyl (C=O) groups excluding carboxylic acids is 1. The van der Waals surface area contributed by atoms with Gasteiger partial charge in [0.25, 0.3) is 0 Å². The normalized spacial score (nSPS) is 16.7. The molecule has 0 bridgehead atoms. The van der Waals surface area contributed by atoms with E-state index < -0.39 is 7.60 Å². The van der Waals surface area contributed by atoms with Crippen molar-refractivity contribution in [3.63, 3.8) is 0 Å². The molecular weight excluding hydrogens is 523 g/mol. The third kappa shape index (κ3) is 18.9. The van der Waals surface area contributed by atoms with Crippen molar-refractivity contribution in [3.8, 4) is 0 Å². The van der Waals surface area contributed by atoms with Crippen LogP contribution >= 0.6 is 7.60 Å². The smallest absolute Gasteiger partial charge is 0.327 e. The quantitative estimate of drug-likeness (QED) is 0.0403. The topological polar surface area (TPSA) is 192 Å². The van der Waals surface area contributed by atoms with Gasteiger partial charge in [-0.15, -0.1) is 0 Å². The van der Waals surface area contributed by atoms with Crippen LogP contribution in [-0.2, 0) is 37.8 Å². The molecule has 0 aromatic heterocycles. The Balaban J connectivity index is 2.04. The molecule has 0 spiro atoms. The first-order valence-electron chi connectivity index (χ1n) is 13.1. The third-order valence-electron chi connectivity index (χ3n) is 5.49. The van der Waals surface area contributed by atoms with Crippen LogP contribution in [0.3, 0.4) is 0 Å². The summed E-state index contributed by atoms with van der Waals surface area (Å²) in [5.74, 6) is 5.63. The van der Waals surface area contributed by atoms with Gasteiger partial charge in [0.1, 0.15) is 12.7 Å². The molecular formula is C23H47N4O10P. The molecule has 0 saturated heterocycles. The molecule has 1 unspecified atom stereocenters. The van der Waals surface area contributed by atoms with Gasteiger partial charge in [-0.3, -0.25) is 15.2 Å². The molecule has 1 rings (SSSR count). The minimum Gasteiger partial charge on any atom is -0.385 e. The standard InChI is InChI=1S/C23H47N4O10P/c1-25-22(28)19-37-21-6-4-2-3-5-20(23(21)27-24)26-7-8-32-9-10-33-11-12-34-13-14-35-15-16-36-17-18-38(29,30)31/h21,26-27H,2-19,24H2,1H3,(H,25,28)(H2,29,30,31). The molecule has 0 aliphatic heterocycles. The molecule has 0 heterocycles. The lowest BCUT2D eigenvalue weighted by molar-refractivity contribution is -0.126. The highest BCUT2D eigenvalue weighted by Crippen LogP contribution is 2.33. The van der Waals surface area contributed by atoms with E-state index in [2.05, 4.69) is 16.1 Å². The van der Waals surface area contributed by atoms with Crippen LogP contribution in [0.25, 0.3) is 0 Å². The van der Waals surface area contributed by atoms with Crippen LogP contribution in [0.1, 0.15) is 32.1 Å². The van der Waals surface area contributed by atoms with E-state index in [1.807, 2.05) is 0 Å². The van der Waals surface area contributed by atoms with E-state index >= 15 is 0 Å². The average Bonchev–Trinajstić information content (AvgIpc) is 2.87. The second-order valence-electron chi connectivity index (χ2n) is 8.49. The summed E-state index contributed by atoms with van der Waals surface area (Å²) in [5.41, 5.74) is 4.55. The van der Waals surface area contributed by atoms with Gasteiger partial charge >= 0.3 is 7.60 Å². The SMILES string of the molecule is CNC(=O)COC1CCCCCC(NCCOCCOCCOCCOCCOCCP(=O)(O)O)=C1NN. The predicted octanol–water partition coefficient (Wildman–Crippen LogP) is -0.393. The molecule has 0 radical (unpaired) electrons. The summed E-state index contributed by atoms with van der Waals surface area (Å²) < 4.78 is 43.4. The van der Waals surface area contributed by atoms with Crippen molar-refractivity contribution in [1.82, 2.24) is 16.1 Å². The number of hydrogen-bond acceptors (Lipinski definition) is 11. The molecule has 1 aliphatic rings. The van der Waals surface area contributed by atoms with Crippen LogP contribution < -0.4 is 21.9 Å². The van der Waals surface area contributed by atoms with E-state index in [1.54, 1.807) is 7.05 Å². The first-order valence-corrected chi connectivity index (χ1v) is 14.9. The summed E-state index contributed by atoms with van der Waals surface area (Å²) in [6, 6.07) is 0. The zero-order valence-electron chi connectivity index (χ0n) is 22.5. The lowest BCUT2D eigenvalue weighted by Gasteiger charge is -2.26. The van der Waals surface area contributed by atoms with E-state index in [9.17, 15) is 9.36 Å². The zero-order chi connectivity index (χ0) is 27.9. The second-order valence-corrected chi connectivity index (χ2v) is 10.3. The van der Waals surface area contributed by atoms with Crippen LogP contribution in [0, 0.1) is 0 Å². The van der Waals surface area contributed by atoms with Gasteiger partial charge in [-0.1, -0.05) is 12.8 Å². The Morgan fingerprint density at radius 2 is 1.45 bits per heavy atom. The van der Waals surface area contributed by atoms with Crippen molar-refractivity contribution in [3.05, 3.63) is 11.4 Å². The Bertz CT molecular complexity index is 695. The highest BCUT2D eigenvalue weighted by molar-refractivity contribution is 7.51. The molecule has 0 aromatic rings. The molecule has 15 heteroatoms. The number of ether oxygens (including phenoxy) is 6. The number of rotatable bonds is 23. The van der Waals surface area contributed by atoms with E-state index in [-0.39, 0.29) is 38.0 Å². The van der Waals surface area contributed by atoms with Crippen molar-refractivity contribution < 1.29 is 47.6 Å². The van der Waals surface area contributed by atoms with Crippen LogP contribution in [-0.4, -0.2) is 114 Å². The van der Waals surface area contributed by atoms with Crippen molar-refractivity contribution in [2.45, 2.75) is 38.2 Å². The monoisotopic (exact) mass is 570 g/mol. The number of carbonyl (C=O) groups is 1. The van der Waals surface area contributed by atoms with Crippen molar-refractivity contribution in [2.24, 2.45) is 5.84 Å². The summed E-state index contributed by atoms with van der Waals surface area (Å²) in [7, 11) is -2.42. The molecule has 0 saturated carbocycles. The Morgan fingerprint density at radius 3 is 1.97 bits per heavy atom. The fourth-order valence-corrected chi connectivity index (χ4v) is 3.87. The van der Waals surface area contributed by atoms with E-state index in [0.717, 1.165) is 43.5 Å². The van der Waals surface area contributed by atoms with Crippen molar-refractivity contribution >= 4 is 13.5 Å². The van der Waals surface area contributed by atoms with Gasteiger partial charge < -0.3 is 54.3 Å². The van der Waals surface area contributed by atoms with Crippen LogP contribution in [0.5, 0.6) is 0 Å². The maximum atomic E-state index is 11.6. The molecule has 1 atom stereocenters. The molecule has 0 aromatic carbocycles. The molecule has 0 fully saturated rings. The Morgan fingerprint density at radius 1 is 0.895 bits per heavy atom. The average molecular weight is 571 g/mol. The van der Waals surface area contributed by atoms with Crippen molar-refractivity contribution in [1.29, 1.82) is 0 Å². The minimum atomic E-state index is -4.00. The highest BCUT2D eigenvalue weighted by Gasteiger charge is 2.21. The van der Waals surface area contributed by atoms with Gasteiger partial charge in [0, 0.05) is 19.3 Å². The number of hydrazine groups is 1. The van der Waals surface area contributed by atoms with Gasteiger partial charge in [-0.2, -0.15) is 0 Å². The third-order valence-corrected chi connectivity index (χ3v) is 6.26. The van der Waals surface area contributed by atoms with Crippen LogP contribution in [0.2, 0.25) is 0 Å². The highest BCUT2D eigenvalue weighted by atomic mass is 31.2. The van der Waals surface area contributed by atoms with E-state index in [4.69, 9.17) is 44.1 Å². The van der Waals surface area contributed by atoms with Gasteiger partial charge in [0.2, 0.25) is 5.91 Å². The minimum absolute atomic E-state index is 0.00380. The first kappa shape index (κ1) is 34.7. The molecule has 1 amide bonds. The number of amides is 1. The van der Waals surface area contributed by atoms with Crippen LogP contribution in [0.15, 0.2) is 11.4 Å². The fourth-order valence-electron chi connectivity index (χ4n) is 3.50. The maximum Gasteiger partial charge on any atom is 0.327 e. The van der Waals surface area contributed by atoms with Gasteiger partial charge in [-0.05, 0) is 19.3 Å². The number of nitrogens with two attached hydrogens (primary N) is 1. The largest absolute Gasteiger partial charge is 0.385 e. The van der Waals surface area contributed by atoms with Gasteiger partial charge in [0.15, 0.2) is 0 Å². The van der Waals surface area contributed by atoms with Crippen LogP contribution in [0.4, 0.5) is 0 Å². The summed E-state index contributed by atoms with van der Waals surface area (Å²) >= 11 is 0. The summed E-state index contributed by atoms with van der Waals surface area (Å²) in [5, 5.41) is 5.96. The Labute approximate surface area is 225 Å². The number of allylic oxidation sites excluding steroid dienone is 1. The van der Waals surface area contributed by atoms with Gasteiger partial charge in [0.05, 0.1) is 77.9 Å². The van der Waals surface area contributed by atoms with E-state index in [0.29, 0.717) is 59.4 Å². The number of nitrogens with one attached hydrogen (secondary N) is 3. The maximum absolute atomic E-state index is 11.6. The molecule has 7 N–H and O–H groups in total. The lowest BCUT2D eigenvalue weighted by atomic mass is 9.99. The summed E-state index contributed by atoms with van der Waals surface area (Å²) in [6.45, 7) is 4.34. The number of likely N-dealkylation sites (N-methyl/N-ethyl adjacent to an activating group) is 1. The molecule has 1 aliphatic carbocycles. The molecule has 14 nitrogen and oxygen atoms in total. The predicted molar refractivity (Wildman–Crippen MR) is 140 cm³/mol. The van der Waals surface area contributed by atoms with Crippen molar-refractivity contribution in [2.75, 3.05) is 92.4 Å². The summed E-state index contributed by atoms with van der Waals surface area (Å²) in [4.78, 5) is 29.0.